The van der Waals surface area contributed by atoms with Gasteiger partial charge in [-0.3, -0.25) is 0 Å². The molecular formula is C12H23N3S. The van der Waals surface area contributed by atoms with Crippen molar-refractivity contribution >= 4 is 11.3 Å². The van der Waals surface area contributed by atoms with Crippen LogP contribution in [0.5, 0.6) is 0 Å². The molecule has 4 heteroatoms. The quantitative estimate of drug-likeness (QED) is 0.859. The van der Waals surface area contributed by atoms with Crippen molar-refractivity contribution < 1.29 is 0 Å². The van der Waals surface area contributed by atoms with Gasteiger partial charge in [0.2, 0.25) is 0 Å². The van der Waals surface area contributed by atoms with Gasteiger partial charge in [0, 0.05) is 11.5 Å². The molecule has 3 nitrogen and oxygen atoms in total. The number of rotatable bonds is 5. The lowest BCUT2D eigenvalue weighted by Crippen LogP contribution is -2.35. The third kappa shape index (κ3) is 4.18. The van der Waals surface area contributed by atoms with Crippen LogP contribution in [0.4, 0.5) is 0 Å². The van der Waals surface area contributed by atoms with E-state index in [9.17, 15) is 0 Å². The van der Waals surface area contributed by atoms with Gasteiger partial charge in [-0.1, -0.05) is 25.2 Å². The zero-order valence-electron chi connectivity index (χ0n) is 11.0. The van der Waals surface area contributed by atoms with E-state index in [0.717, 1.165) is 24.4 Å². The topological polar surface area (TPSA) is 37.8 Å². The summed E-state index contributed by atoms with van der Waals surface area (Å²) < 4.78 is 0. The molecule has 0 radical (unpaired) electrons. The molecule has 0 aromatic carbocycles. The molecule has 0 atom stereocenters. The molecule has 0 aliphatic rings. The van der Waals surface area contributed by atoms with Crippen LogP contribution in [-0.2, 0) is 6.54 Å². The fourth-order valence-corrected chi connectivity index (χ4v) is 2.53. The molecule has 0 bridgehead atoms. The lowest BCUT2D eigenvalue weighted by atomic mass is 10.1. The standard InChI is InChI=1S/C12H23N3S/c1-6-9(7-2)11-15-14-10(16-11)8-13-12(3,4)5/h9,13H,6-8H2,1-5H3. The van der Waals surface area contributed by atoms with Gasteiger partial charge in [0.15, 0.2) is 0 Å². The zero-order valence-corrected chi connectivity index (χ0v) is 11.8. The summed E-state index contributed by atoms with van der Waals surface area (Å²) in [4.78, 5) is 0. The third-order valence-corrected chi connectivity index (χ3v) is 3.67. The predicted molar refractivity (Wildman–Crippen MR) is 69.8 cm³/mol. The van der Waals surface area contributed by atoms with E-state index in [1.807, 2.05) is 0 Å². The summed E-state index contributed by atoms with van der Waals surface area (Å²) >= 11 is 1.75. The Balaban J connectivity index is 2.58. The van der Waals surface area contributed by atoms with Crippen LogP contribution in [-0.4, -0.2) is 15.7 Å². The van der Waals surface area contributed by atoms with Crippen molar-refractivity contribution in [2.75, 3.05) is 0 Å². The highest BCUT2D eigenvalue weighted by atomic mass is 32.1. The van der Waals surface area contributed by atoms with Crippen molar-refractivity contribution in [1.29, 1.82) is 0 Å². The molecule has 1 heterocycles. The fourth-order valence-electron chi connectivity index (χ4n) is 1.48. The largest absolute Gasteiger partial charge is 0.306 e. The van der Waals surface area contributed by atoms with E-state index in [1.54, 1.807) is 11.3 Å². The zero-order chi connectivity index (χ0) is 12.2. The smallest absolute Gasteiger partial charge is 0.131 e. The summed E-state index contributed by atoms with van der Waals surface area (Å²) in [6.07, 6.45) is 2.30. The molecule has 0 unspecified atom stereocenters. The number of hydrogen-bond acceptors (Lipinski definition) is 4. The first-order valence-electron chi connectivity index (χ1n) is 6.03. The maximum absolute atomic E-state index is 4.29. The third-order valence-electron chi connectivity index (χ3n) is 2.59. The molecule has 0 aliphatic heterocycles. The van der Waals surface area contributed by atoms with Gasteiger partial charge < -0.3 is 5.32 Å². The maximum Gasteiger partial charge on any atom is 0.131 e. The minimum absolute atomic E-state index is 0.140. The van der Waals surface area contributed by atoms with Crippen LogP contribution in [0.3, 0.4) is 0 Å². The SMILES string of the molecule is CCC(CC)c1nnc(CNC(C)(C)C)s1. The van der Waals surface area contributed by atoms with Crippen molar-refractivity contribution in [2.45, 2.75) is 65.5 Å². The van der Waals surface area contributed by atoms with Crippen molar-refractivity contribution in [1.82, 2.24) is 15.5 Å². The number of nitrogens with one attached hydrogen (secondary N) is 1. The average Bonchev–Trinajstić information content (AvgIpc) is 2.65. The summed E-state index contributed by atoms with van der Waals surface area (Å²) in [6.45, 7) is 11.7. The highest BCUT2D eigenvalue weighted by molar-refractivity contribution is 7.11. The van der Waals surface area contributed by atoms with Crippen LogP contribution in [0.15, 0.2) is 0 Å². The molecule has 0 spiro atoms. The predicted octanol–water partition coefficient (Wildman–Crippen LogP) is 3.33. The second-order valence-electron chi connectivity index (χ2n) is 5.15. The fraction of sp³-hybridized carbons (Fsp3) is 0.833. The summed E-state index contributed by atoms with van der Waals surface area (Å²) in [5.74, 6) is 0.584. The Hall–Kier alpha value is -0.480. The van der Waals surface area contributed by atoms with Gasteiger partial charge in [0.05, 0.1) is 6.54 Å². The second-order valence-corrected chi connectivity index (χ2v) is 6.24. The van der Waals surface area contributed by atoms with Gasteiger partial charge in [-0.25, -0.2) is 0 Å². The molecule has 1 rings (SSSR count). The Bertz CT molecular complexity index is 310. The van der Waals surface area contributed by atoms with Gasteiger partial charge in [-0.05, 0) is 33.6 Å². The van der Waals surface area contributed by atoms with Crippen LogP contribution < -0.4 is 5.32 Å². The molecule has 1 N–H and O–H groups in total. The van der Waals surface area contributed by atoms with Crippen molar-refractivity contribution in [2.24, 2.45) is 0 Å². The normalized spacial score (nSPS) is 12.4. The van der Waals surface area contributed by atoms with Crippen molar-refractivity contribution in [3.63, 3.8) is 0 Å². The molecule has 0 aliphatic carbocycles. The minimum atomic E-state index is 0.140. The Morgan fingerprint density at radius 3 is 2.31 bits per heavy atom. The van der Waals surface area contributed by atoms with E-state index < -0.39 is 0 Å². The molecule has 0 amide bonds. The molecule has 16 heavy (non-hydrogen) atoms. The highest BCUT2D eigenvalue weighted by Crippen LogP contribution is 2.25. The summed E-state index contributed by atoms with van der Waals surface area (Å²) in [7, 11) is 0. The Labute approximate surface area is 103 Å². The van der Waals surface area contributed by atoms with E-state index in [-0.39, 0.29) is 5.54 Å². The van der Waals surface area contributed by atoms with Crippen LogP contribution >= 0.6 is 11.3 Å². The lowest BCUT2D eigenvalue weighted by molar-refractivity contribution is 0.423. The van der Waals surface area contributed by atoms with Crippen LogP contribution in [0.1, 0.15) is 63.4 Å². The molecule has 0 fully saturated rings. The minimum Gasteiger partial charge on any atom is -0.306 e. The van der Waals surface area contributed by atoms with Gasteiger partial charge in [0.25, 0.3) is 0 Å². The Morgan fingerprint density at radius 2 is 1.81 bits per heavy atom. The van der Waals surface area contributed by atoms with Crippen LogP contribution in [0.25, 0.3) is 0 Å². The first-order chi connectivity index (χ1) is 7.46. The van der Waals surface area contributed by atoms with Gasteiger partial charge in [0.1, 0.15) is 10.0 Å². The summed E-state index contributed by atoms with van der Waals surface area (Å²) in [5, 5.41) is 14.2. The first kappa shape index (κ1) is 13.6. The molecular weight excluding hydrogens is 218 g/mol. The monoisotopic (exact) mass is 241 g/mol. The Morgan fingerprint density at radius 1 is 1.19 bits per heavy atom. The van der Waals surface area contributed by atoms with Gasteiger partial charge >= 0.3 is 0 Å². The molecule has 0 saturated heterocycles. The van der Waals surface area contributed by atoms with Gasteiger partial charge in [-0.2, -0.15) is 0 Å². The molecule has 1 aromatic heterocycles. The molecule has 0 saturated carbocycles. The van der Waals surface area contributed by atoms with Crippen LogP contribution in [0.2, 0.25) is 0 Å². The first-order valence-corrected chi connectivity index (χ1v) is 6.85. The Kier molecular flexibility index (Phi) is 4.87. The van der Waals surface area contributed by atoms with Gasteiger partial charge in [-0.15, -0.1) is 10.2 Å². The average molecular weight is 241 g/mol. The van der Waals surface area contributed by atoms with Crippen molar-refractivity contribution in [3.8, 4) is 0 Å². The van der Waals surface area contributed by atoms with E-state index in [0.29, 0.717) is 5.92 Å². The summed E-state index contributed by atoms with van der Waals surface area (Å²) in [6, 6.07) is 0. The molecule has 1 aromatic rings. The van der Waals surface area contributed by atoms with Crippen molar-refractivity contribution in [3.05, 3.63) is 10.0 Å². The number of hydrogen-bond donors (Lipinski definition) is 1. The highest BCUT2D eigenvalue weighted by Gasteiger charge is 2.14. The van der Waals surface area contributed by atoms with E-state index in [1.165, 1.54) is 5.01 Å². The number of nitrogens with zero attached hydrogens (tertiary/aromatic N) is 2. The number of aromatic nitrogens is 2. The second kappa shape index (κ2) is 5.73. The van der Waals surface area contributed by atoms with E-state index in [4.69, 9.17) is 0 Å². The summed E-state index contributed by atoms with van der Waals surface area (Å²) in [5.41, 5.74) is 0.140. The van der Waals surface area contributed by atoms with E-state index in [2.05, 4.69) is 50.1 Å². The van der Waals surface area contributed by atoms with Crippen LogP contribution in [0, 0.1) is 0 Å². The molecule has 92 valence electrons. The van der Waals surface area contributed by atoms with E-state index >= 15 is 0 Å². The maximum atomic E-state index is 4.29. The lowest BCUT2D eigenvalue weighted by Gasteiger charge is -2.19.